The van der Waals surface area contributed by atoms with Crippen molar-refractivity contribution in [3.63, 3.8) is 0 Å². The van der Waals surface area contributed by atoms with Crippen LogP contribution in [0.25, 0.3) is 0 Å². The average molecular weight is 583 g/mol. The fraction of sp³-hybridized carbons (Fsp3) is 0.889. The Hall–Kier alpha value is -0.210. The molecular formula is C36H71O3P. The maximum absolute atomic E-state index is 9.85. The molecule has 0 aliphatic heterocycles. The van der Waals surface area contributed by atoms with Gasteiger partial charge in [0.1, 0.15) is 0 Å². The molecule has 0 saturated heterocycles. The van der Waals surface area contributed by atoms with E-state index in [1.807, 2.05) is 12.2 Å². The third-order valence-corrected chi connectivity index (χ3v) is 8.58. The highest BCUT2D eigenvalue weighted by atomic mass is 31.2. The van der Waals surface area contributed by atoms with E-state index in [1.165, 1.54) is 167 Å². The van der Waals surface area contributed by atoms with Crippen LogP contribution in [0.3, 0.4) is 0 Å². The molecule has 0 aliphatic rings. The molecule has 0 aromatic rings. The zero-order valence-electron chi connectivity index (χ0n) is 27.2. The number of rotatable bonds is 34. The summed E-state index contributed by atoms with van der Waals surface area (Å²) in [5, 5.41) is 0. The quantitative estimate of drug-likeness (QED) is 0.0466. The van der Waals surface area contributed by atoms with Crippen molar-refractivity contribution in [2.24, 2.45) is 0 Å². The molecule has 0 aliphatic carbocycles. The van der Waals surface area contributed by atoms with Gasteiger partial charge in [-0.05, 0) is 25.7 Å². The molecule has 0 atom stereocenters. The molecular weight excluding hydrogens is 511 g/mol. The maximum Gasteiger partial charge on any atom is 0.330 e. The number of hydrogen-bond acceptors (Lipinski definition) is 3. The average Bonchev–Trinajstić information content (AvgIpc) is 2.96. The van der Waals surface area contributed by atoms with Crippen molar-refractivity contribution < 1.29 is 13.9 Å². The Kier molecular flexibility index (Phi) is 36.6. The number of hydrogen-bond donors (Lipinski definition) is 1. The smallest absolute Gasteiger partial charge is 0.328 e. The van der Waals surface area contributed by atoms with Crippen LogP contribution >= 0.6 is 8.60 Å². The van der Waals surface area contributed by atoms with Gasteiger partial charge in [-0.25, -0.2) is 0 Å². The molecule has 0 bridgehead atoms. The highest BCUT2D eigenvalue weighted by molar-refractivity contribution is 7.40. The van der Waals surface area contributed by atoms with Gasteiger partial charge in [0.25, 0.3) is 0 Å². The van der Waals surface area contributed by atoms with Gasteiger partial charge in [-0.1, -0.05) is 192 Å². The Morgan fingerprint density at radius 3 is 0.900 bits per heavy atom. The Labute approximate surface area is 253 Å². The molecule has 3 nitrogen and oxygen atoms in total. The Bertz CT molecular complexity index is 464. The maximum atomic E-state index is 9.85. The lowest BCUT2D eigenvalue weighted by Crippen LogP contribution is -1.91. The molecule has 0 aromatic heterocycles. The second kappa shape index (κ2) is 36.8. The summed E-state index contributed by atoms with van der Waals surface area (Å²) in [6.45, 7) is 5.44. The van der Waals surface area contributed by atoms with Gasteiger partial charge in [0.05, 0.1) is 13.2 Å². The molecule has 1 N–H and O–H groups in total. The van der Waals surface area contributed by atoms with E-state index in [1.54, 1.807) is 0 Å². The molecule has 0 aromatic carbocycles. The Morgan fingerprint density at radius 2 is 0.625 bits per heavy atom. The van der Waals surface area contributed by atoms with E-state index in [0.29, 0.717) is 13.2 Å². The van der Waals surface area contributed by atoms with E-state index in [0.717, 1.165) is 12.8 Å². The minimum atomic E-state index is -1.77. The first-order valence-corrected chi connectivity index (χ1v) is 19.0. The molecule has 4 heteroatoms. The summed E-state index contributed by atoms with van der Waals surface area (Å²) in [7, 11) is -1.77. The second-order valence-electron chi connectivity index (χ2n) is 11.8. The largest absolute Gasteiger partial charge is 0.330 e. The lowest BCUT2D eigenvalue weighted by atomic mass is 10.0. The highest BCUT2D eigenvalue weighted by Gasteiger charge is 2.03. The van der Waals surface area contributed by atoms with Crippen molar-refractivity contribution in [2.45, 2.75) is 194 Å². The van der Waals surface area contributed by atoms with Crippen molar-refractivity contribution in [1.29, 1.82) is 0 Å². The van der Waals surface area contributed by atoms with Crippen LogP contribution in [0.4, 0.5) is 0 Å². The minimum absolute atomic E-state index is 0.434. The van der Waals surface area contributed by atoms with Gasteiger partial charge in [0, 0.05) is 0 Å². The molecule has 40 heavy (non-hydrogen) atoms. The second-order valence-corrected chi connectivity index (χ2v) is 12.8. The van der Waals surface area contributed by atoms with E-state index >= 15 is 0 Å². The van der Waals surface area contributed by atoms with Crippen molar-refractivity contribution in [2.75, 3.05) is 13.2 Å². The summed E-state index contributed by atoms with van der Waals surface area (Å²) in [4.78, 5) is 9.85. The summed E-state index contributed by atoms with van der Waals surface area (Å²) in [6.07, 6.45) is 46.8. The van der Waals surface area contributed by atoms with Crippen molar-refractivity contribution in [3.8, 4) is 0 Å². The van der Waals surface area contributed by atoms with E-state index in [-0.39, 0.29) is 0 Å². The van der Waals surface area contributed by atoms with Crippen LogP contribution in [0.1, 0.15) is 194 Å². The lowest BCUT2D eigenvalue weighted by Gasteiger charge is -2.07. The summed E-state index contributed by atoms with van der Waals surface area (Å²) in [5.41, 5.74) is 0. The van der Waals surface area contributed by atoms with Crippen LogP contribution in [0.5, 0.6) is 0 Å². The van der Waals surface area contributed by atoms with Gasteiger partial charge in [-0.3, -0.25) is 0 Å². The Balaban J connectivity index is 3.26. The summed E-state index contributed by atoms with van der Waals surface area (Å²) >= 11 is 0. The number of allylic oxidation sites excluding steroid dienone is 2. The lowest BCUT2D eigenvalue weighted by molar-refractivity contribution is 0.232. The molecule has 0 amide bonds. The van der Waals surface area contributed by atoms with Crippen LogP contribution in [-0.4, -0.2) is 18.1 Å². The van der Waals surface area contributed by atoms with Gasteiger partial charge < -0.3 is 13.9 Å². The van der Waals surface area contributed by atoms with Crippen molar-refractivity contribution in [1.82, 2.24) is 0 Å². The third-order valence-electron chi connectivity index (χ3n) is 7.84. The summed E-state index contributed by atoms with van der Waals surface area (Å²) in [6, 6.07) is 0. The van der Waals surface area contributed by atoms with E-state index < -0.39 is 8.60 Å². The molecule has 0 fully saturated rings. The van der Waals surface area contributed by atoms with Gasteiger partial charge in [0.2, 0.25) is 0 Å². The topological polar surface area (TPSA) is 38.7 Å². The molecule has 0 radical (unpaired) electrons. The molecule has 0 heterocycles. The molecule has 0 rings (SSSR count). The van der Waals surface area contributed by atoms with Crippen molar-refractivity contribution in [3.05, 3.63) is 24.3 Å². The SMILES string of the molecule is CCCCCCCCCCCCCCCC=CCOP(O)OCC=CCCCCCCCCCCCCCCC. The van der Waals surface area contributed by atoms with E-state index in [9.17, 15) is 4.89 Å². The van der Waals surface area contributed by atoms with Gasteiger partial charge in [-0.15, -0.1) is 0 Å². The first-order valence-electron chi connectivity index (χ1n) is 17.9. The fourth-order valence-corrected chi connectivity index (χ4v) is 5.68. The third kappa shape index (κ3) is 35.8. The molecule has 238 valence electrons. The van der Waals surface area contributed by atoms with Gasteiger partial charge in [0.15, 0.2) is 0 Å². The van der Waals surface area contributed by atoms with Crippen molar-refractivity contribution >= 4 is 8.60 Å². The van der Waals surface area contributed by atoms with Crippen LogP contribution in [-0.2, 0) is 9.05 Å². The zero-order valence-corrected chi connectivity index (χ0v) is 28.1. The van der Waals surface area contributed by atoms with Gasteiger partial charge in [-0.2, -0.15) is 0 Å². The van der Waals surface area contributed by atoms with E-state index in [2.05, 4.69) is 26.0 Å². The summed E-state index contributed by atoms with van der Waals surface area (Å²) < 4.78 is 10.7. The van der Waals surface area contributed by atoms with Crippen LogP contribution in [0.15, 0.2) is 24.3 Å². The fourth-order valence-electron chi connectivity index (χ4n) is 5.18. The molecule has 0 unspecified atom stereocenters. The predicted molar refractivity (Wildman–Crippen MR) is 180 cm³/mol. The van der Waals surface area contributed by atoms with Gasteiger partial charge >= 0.3 is 8.60 Å². The zero-order chi connectivity index (χ0) is 29.0. The highest BCUT2D eigenvalue weighted by Crippen LogP contribution is 2.32. The van der Waals surface area contributed by atoms with E-state index in [4.69, 9.17) is 9.05 Å². The van der Waals surface area contributed by atoms with Crippen LogP contribution in [0, 0.1) is 0 Å². The summed E-state index contributed by atoms with van der Waals surface area (Å²) in [5.74, 6) is 0. The van der Waals surface area contributed by atoms with Crippen LogP contribution in [0.2, 0.25) is 0 Å². The minimum Gasteiger partial charge on any atom is -0.328 e. The number of unbranched alkanes of at least 4 members (excludes halogenated alkanes) is 26. The standard InChI is InChI=1S/C36H71O3P/c1-3-5-7-9-11-13-15-17-19-21-23-25-27-29-31-33-35-38-40(37)39-36-34-32-30-28-26-24-22-20-18-16-14-12-10-8-6-4-2/h31-34,37H,3-30,35-36H2,1-2H3. The first-order chi connectivity index (χ1) is 19.8. The molecule has 0 saturated carbocycles. The normalized spacial score (nSPS) is 12.8. The molecule has 0 spiro atoms. The van der Waals surface area contributed by atoms with Crippen LogP contribution < -0.4 is 0 Å². The predicted octanol–water partition coefficient (Wildman–Crippen LogP) is 13.3. The Morgan fingerprint density at radius 1 is 0.375 bits per heavy atom. The monoisotopic (exact) mass is 583 g/mol. The first kappa shape index (κ1) is 39.8.